The molecule has 1 aliphatic rings. The molecule has 0 unspecified atom stereocenters. The third kappa shape index (κ3) is 4.27. The average molecular weight is 279 g/mol. The zero-order chi connectivity index (χ0) is 13.9. The number of alkyl halides is 3. The van der Waals surface area contributed by atoms with Crippen LogP contribution in [0, 0.1) is 5.82 Å². The molecule has 1 aliphatic heterocycles. The summed E-state index contributed by atoms with van der Waals surface area (Å²) in [6.45, 7) is 1.48. The van der Waals surface area contributed by atoms with Gasteiger partial charge in [-0.25, -0.2) is 4.39 Å². The third-order valence-corrected chi connectivity index (χ3v) is 2.72. The van der Waals surface area contributed by atoms with Crippen molar-refractivity contribution in [2.24, 2.45) is 0 Å². The molecule has 3 nitrogen and oxygen atoms in total. The molecule has 1 aromatic rings. The molecule has 0 spiro atoms. The van der Waals surface area contributed by atoms with Crippen molar-refractivity contribution in [3.05, 3.63) is 24.0 Å². The average Bonchev–Trinajstić information content (AvgIpc) is 2.33. The van der Waals surface area contributed by atoms with Crippen LogP contribution < -0.4 is 14.8 Å². The summed E-state index contributed by atoms with van der Waals surface area (Å²) in [6.07, 6.45) is -3.63. The smallest absolute Gasteiger partial charge is 0.487 e. The Morgan fingerprint density at radius 1 is 1.16 bits per heavy atom. The van der Waals surface area contributed by atoms with Crippen molar-refractivity contribution < 1.29 is 27.0 Å². The first-order valence-electron chi connectivity index (χ1n) is 5.87. The maximum atomic E-state index is 13.5. The standard InChI is InChI=1S/C12H13F4NO2/c13-10-2-1-9(19-12(14,15)16)7-11(10)18-8-3-5-17-6-4-8/h1-2,7-8,17H,3-6H2. The Balaban J connectivity index is 2.08. The van der Waals surface area contributed by atoms with E-state index in [0.717, 1.165) is 31.3 Å². The Hall–Kier alpha value is -1.50. The summed E-state index contributed by atoms with van der Waals surface area (Å²) in [4.78, 5) is 0. The lowest BCUT2D eigenvalue weighted by molar-refractivity contribution is -0.274. The number of piperidine rings is 1. The van der Waals surface area contributed by atoms with Gasteiger partial charge in [0, 0.05) is 6.07 Å². The van der Waals surface area contributed by atoms with E-state index in [2.05, 4.69) is 10.1 Å². The molecule has 0 aromatic heterocycles. The molecule has 1 saturated heterocycles. The van der Waals surface area contributed by atoms with Gasteiger partial charge < -0.3 is 14.8 Å². The first-order valence-corrected chi connectivity index (χ1v) is 5.87. The van der Waals surface area contributed by atoms with E-state index < -0.39 is 17.9 Å². The lowest BCUT2D eigenvalue weighted by Gasteiger charge is -2.24. The second-order valence-electron chi connectivity index (χ2n) is 4.21. The molecule has 0 saturated carbocycles. The van der Waals surface area contributed by atoms with Crippen LogP contribution in [-0.2, 0) is 0 Å². The highest BCUT2D eigenvalue weighted by molar-refractivity contribution is 5.34. The van der Waals surface area contributed by atoms with Gasteiger partial charge in [0.25, 0.3) is 0 Å². The van der Waals surface area contributed by atoms with E-state index in [0.29, 0.717) is 12.8 Å². The highest BCUT2D eigenvalue weighted by atomic mass is 19.4. The first kappa shape index (κ1) is 13.9. The minimum Gasteiger partial charge on any atom is -0.487 e. The predicted octanol–water partition coefficient (Wildman–Crippen LogP) is 2.86. The van der Waals surface area contributed by atoms with Crippen molar-refractivity contribution in [3.8, 4) is 11.5 Å². The number of hydrogen-bond acceptors (Lipinski definition) is 3. The summed E-state index contributed by atoms with van der Waals surface area (Å²) in [7, 11) is 0. The molecule has 19 heavy (non-hydrogen) atoms. The summed E-state index contributed by atoms with van der Waals surface area (Å²) in [5.41, 5.74) is 0. The van der Waals surface area contributed by atoms with Gasteiger partial charge in [0.2, 0.25) is 0 Å². The molecule has 1 aromatic carbocycles. The van der Waals surface area contributed by atoms with Crippen molar-refractivity contribution in [2.45, 2.75) is 25.3 Å². The Morgan fingerprint density at radius 3 is 2.47 bits per heavy atom. The van der Waals surface area contributed by atoms with Crippen LogP contribution in [0.15, 0.2) is 18.2 Å². The van der Waals surface area contributed by atoms with Gasteiger partial charge in [0.05, 0.1) is 0 Å². The molecule has 0 amide bonds. The van der Waals surface area contributed by atoms with Crippen LogP contribution in [0.3, 0.4) is 0 Å². The molecule has 0 atom stereocenters. The van der Waals surface area contributed by atoms with E-state index in [1.165, 1.54) is 0 Å². The fourth-order valence-corrected chi connectivity index (χ4v) is 1.86. The fourth-order valence-electron chi connectivity index (χ4n) is 1.86. The number of hydrogen-bond donors (Lipinski definition) is 1. The number of benzene rings is 1. The van der Waals surface area contributed by atoms with Gasteiger partial charge in [-0.2, -0.15) is 0 Å². The third-order valence-electron chi connectivity index (χ3n) is 2.72. The summed E-state index contributed by atoms with van der Waals surface area (Å²) in [5, 5.41) is 3.11. The molecule has 106 valence electrons. The Labute approximate surface area is 107 Å². The van der Waals surface area contributed by atoms with Crippen molar-refractivity contribution in [1.29, 1.82) is 0 Å². The summed E-state index contributed by atoms with van der Waals surface area (Å²) in [6, 6.07) is 2.74. The molecule has 7 heteroatoms. The van der Waals surface area contributed by atoms with Gasteiger partial charge >= 0.3 is 6.36 Å². The highest BCUT2D eigenvalue weighted by Crippen LogP contribution is 2.29. The molecule has 0 bridgehead atoms. The van der Waals surface area contributed by atoms with Crippen LogP contribution in [-0.4, -0.2) is 25.6 Å². The van der Waals surface area contributed by atoms with Crippen LogP contribution in [0.1, 0.15) is 12.8 Å². The maximum Gasteiger partial charge on any atom is 0.573 e. The molecule has 0 aliphatic carbocycles. The second-order valence-corrected chi connectivity index (χ2v) is 4.21. The van der Waals surface area contributed by atoms with Crippen molar-refractivity contribution in [1.82, 2.24) is 5.32 Å². The van der Waals surface area contributed by atoms with Gasteiger partial charge in [0.15, 0.2) is 11.6 Å². The lowest BCUT2D eigenvalue weighted by Crippen LogP contribution is -2.34. The normalized spacial score (nSPS) is 17.3. The molecular formula is C12H13F4NO2. The summed E-state index contributed by atoms with van der Waals surface area (Å²) < 4.78 is 58.8. The topological polar surface area (TPSA) is 30.5 Å². The first-order chi connectivity index (χ1) is 8.94. The molecule has 1 heterocycles. The van der Waals surface area contributed by atoms with Crippen molar-refractivity contribution in [2.75, 3.05) is 13.1 Å². The van der Waals surface area contributed by atoms with E-state index in [1.54, 1.807) is 0 Å². The zero-order valence-electron chi connectivity index (χ0n) is 9.97. The van der Waals surface area contributed by atoms with E-state index in [1.807, 2.05) is 0 Å². The number of rotatable bonds is 3. The summed E-state index contributed by atoms with van der Waals surface area (Å²) >= 11 is 0. The van der Waals surface area contributed by atoms with E-state index in [9.17, 15) is 17.6 Å². The van der Waals surface area contributed by atoms with Gasteiger partial charge in [-0.05, 0) is 38.1 Å². The highest BCUT2D eigenvalue weighted by Gasteiger charge is 2.31. The van der Waals surface area contributed by atoms with E-state index in [4.69, 9.17) is 4.74 Å². The van der Waals surface area contributed by atoms with E-state index in [-0.39, 0.29) is 11.9 Å². The van der Waals surface area contributed by atoms with Crippen molar-refractivity contribution >= 4 is 0 Å². The largest absolute Gasteiger partial charge is 0.573 e. The van der Waals surface area contributed by atoms with Crippen LogP contribution in [0.5, 0.6) is 11.5 Å². The fraction of sp³-hybridized carbons (Fsp3) is 0.500. The molecule has 1 N–H and O–H groups in total. The minimum atomic E-state index is -4.80. The number of nitrogens with one attached hydrogen (secondary N) is 1. The lowest BCUT2D eigenvalue weighted by atomic mass is 10.1. The molecule has 1 fully saturated rings. The Morgan fingerprint density at radius 2 is 1.84 bits per heavy atom. The van der Waals surface area contributed by atoms with Crippen molar-refractivity contribution in [3.63, 3.8) is 0 Å². The van der Waals surface area contributed by atoms with E-state index >= 15 is 0 Å². The predicted molar refractivity (Wildman–Crippen MR) is 59.6 cm³/mol. The second kappa shape index (κ2) is 5.64. The van der Waals surface area contributed by atoms with Crippen LogP contribution in [0.25, 0.3) is 0 Å². The van der Waals surface area contributed by atoms with Gasteiger partial charge in [-0.15, -0.1) is 13.2 Å². The summed E-state index contributed by atoms with van der Waals surface area (Å²) in [5.74, 6) is -1.40. The Kier molecular flexibility index (Phi) is 4.14. The van der Waals surface area contributed by atoms with Gasteiger partial charge in [0.1, 0.15) is 11.9 Å². The van der Waals surface area contributed by atoms with Gasteiger partial charge in [-0.1, -0.05) is 0 Å². The number of ether oxygens (including phenoxy) is 2. The number of halogens is 4. The molecular weight excluding hydrogens is 266 g/mol. The van der Waals surface area contributed by atoms with Crippen LogP contribution >= 0.6 is 0 Å². The molecule has 0 radical (unpaired) electrons. The Bertz CT molecular complexity index is 430. The quantitative estimate of drug-likeness (QED) is 0.863. The van der Waals surface area contributed by atoms with Gasteiger partial charge in [-0.3, -0.25) is 0 Å². The SMILES string of the molecule is Fc1ccc(OC(F)(F)F)cc1OC1CCNCC1. The maximum absolute atomic E-state index is 13.5. The zero-order valence-corrected chi connectivity index (χ0v) is 9.97. The minimum absolute atomic E-state index is 0.197. The van der Waals surface area contributed by atoms with Crippen LogP contribution in [0.4, 0.5) is 17.6 Å². The van der Waals surface area contributed by atoms with Crippen LogP contribution in [0.2, 0.25) is 0 Å². The monoisotopic (exact) mass is 279 g/mol. The molecule has 2 rings (SSSR count).